The van der Waals surface area contributed by atoms with E-state index in [9.17, 15) is 20.1 Å². The minimum Gasteiger partial charge on any atom is -0.457 e. The molecule has 12 atom stereocenters. The Morgan fingerprint density at radius 3 is 2.57 bits per heavy atom. The lowest BCUT2D eigenvalue weighted by molar-refractivity contribution is -0.172. The lowest BCUT2D eigenvalue weighted by atomic mass is 9.57. The summed E-state index contributed by atoms with van der Waals surface area (Å²) in [6.07, 6.45) is 2.09. The molecule has 2 aliphatic carbocycles. The standard InChI is InChI=1S/C23H34O7/c1-10-8-11(2)23-14(9-16(28-5)22(27)29-20(10)13(4)24)6-7-15-17(23)18(25)12(3)19(26)21(15)30-23/h6-8,10,12-21,24-26H,9H2,1-5H3/b11-8+. The Kier molecular flexibility index (Phi) is 5.64. The van der Waals surface area contributed by atoms with E-state index >= 15 is 0 Å². The molecule has 4 rings (SSSR count). The van der Waals surface area contributed by atoms with Crippen LogP contribution in [0.4, 0.5) is 0 Å². The van der Waals surface area contributed by atoms with Gasteiger partial charge in [-0.2, -0.15) is 0 Å². The summed E-state index contributed by atoms with van der Waals surface area (Å²) in [7, 11) is 1.47. The molecule has 1 spiro atoms. The number of aliphatic hydroxyl groups is 3. The fourth-order valence-electron chi connectivity index (χ4n) is 6.34. The second-order valence-corrected chi connectivity index (χ2v) is 9.62. The first-order chi connectivity index (χ1) is 14.1. The fourth-order valence-corrected chi connectivity index (χ4v) is 6.34. The van der Waals surface area contributed by atoms with E-state index in [0.717, 1.165) is 5.57 Å². The molecule has 0 aromatic heterocycles. The molecule has 12 unspecified atom stereocenters. The van der Waals surface area contributed by atoms with Crippen LogP contribution in [0, 0.1) is 29.6 Å². The number of ether oxygens (including phenoxy) is 3. The van der Waals surface area contributed by atoms with Crippen molar-refractivity contribution in [1.82, 2.24) is 0 Å². The smallest absolute Gasteiger partial charge is 0.335 e. The monoisotopic (exact) mass is 422 g/mol. The summed E-state index contributed by atoms with van der Waals surface area (Å²) in [6, 6.07) is 0. The lowest BCUT2D eigenvalue weighted by Crippen LogP contribution is -2.56. The number of esters is 1. The van der Waals surface area contributed by atoms with Crippen molar-refractivity contribution in [2.24, 2.45) is 29.6 Å². The van der Waals surface area contributed by atoms with E-state index < -0.39 is 48.2 Å². The van der Waals surface area contributed by atoms with Crippen LogP contribution in [0.2, 0.25) is 0 Å². The molecule has 168 valence electrons. The molecule has 0 amide bonds. The van der Waals surface area contributed by atoms with Gasteiger partial charge in [0.25, 0.3) is 0 Å². The Morgan fingerprint density at radius 1 is 1.23 bits per heavy atom. The van der Waals surface area contributed by atoms with Gasteiger partial charge in [0.15, 0.2) is 6.10 Å². The molecule has 0 aromatic carbocycles. The highest BCUT2D eigenvalue weighted by Gasteiger charge is 2.68. The first kappa shape index (κ1) is 22.0. The van der Waals surface area contributed by atoms with E-state index in [2.05, 4.69) is 0 Å². The van der Waals surface area contributed by atoms with Gasteiger partial charge in [-0.15, -0.1) is 0 Å². The molecule has 2 fully saturated rings. The number of hydrogen-bond donors (Lipinski definition) is 3. The van der Waals surface area contributed by atoms with Gasteiger partial charge in [0.2, 0.25) is 0 Å². The van der Waals surface area contributed by atoms with Gasteiger partial charge in [0.05, 0.1) is 24.4 Å². The van der Waals surface area contributed by atoms with Crippen LogP contribution in [-0.4, -0.2) is 70.6 Å². The van der Waals surface area contributed by atoms with Crippen molar-refractivity contribution >= 4 is 5.97 Å². The Balaban J connectivity index is 1.86. The molecule has 4 bridgehead atoms. The van der Waals surface area contributed by atoms with Gasteiger partial charge >= 0.3 is 5.97 Å². The van der Waals surface area contributed by atoms with E-state index in [1.54, 1.807) is 6.92 Å². The quantitative estimate of drug-likeness (QED) is 0.454. The van der Waals surface area contributed by atoms with Gasteiger partial charge in [-0.25, -0.2) is 4.79 Å². The van der Waals surface area contributed by atoms with Gasteiger partial charge in [-0.05, 0) is 25.8 Å². The number of carbonyl (C=O) groups is 1. The SMILES string of the molecule is COC1CC2C=CC3C4OC2(/C(C)=C/C(C)C(C(C)O)OC1=O)C3C(O)C(C)C4O. The lowest BCUT2D eigenvalue weighted by Gasteiger charge is -2.48. The first-order valence-corrected chi connectivity index (χ1v) is 11.0. The predicted octanol–water partition coefficient (Wildman–Crippen LogP) is 1.21. The molecule has 1 saturated heterocycles. The summed E-state index contributed by atoms with van der Waals surface area (Å²) < 4.78 is 17.8. The molecule has 3 N–H and O–H groups in total. The maximum absolute atomic E-state index is 12.8. The molecule has 0 radical (unpaired) electrons. The Morgan fingerprint density at radius 2 is 1.93 bits per heavy atom. The second kappa shape index (κ2) is 7.71. The Bertz CT molecular complexity index is 746. The van der Waals surface area contributed by atoms with Crippen molar-refractivity contribution in [3.63, 3.8) is 0 Å². The zero-order chi connectivity index (χ0) is 22.0. The molecule has 7 heteroatoms. The molecule has 4 aliphatic rings. The molecule has 0 aromatic rings. The maximum Gasteiger partial charge on any atom is 0.335 e. The molecular weight excluding hydrogens is 388 g/mol. The van der Waals surface area contributed by atoms with Gasteiger partial charge in [-0.3, -0.25) is 0 Å². The summed E-state index contributed by atoms with van der Waals surface area (Å²) in [5.41, 5.74) is 0.0851. The van der Waals surface area contributed by atoms with E-state index in [4.69, 9.17) is 14.2 Å². The predicted molar refractivity (Wildman–Crippen MR) is 108 cm³/mol. The molecule has 7 nitrogen and oxygen atoms in total. The van der Waals surface area contributed by atoms with E-state index in [0.29, 0.717) is 6.42 Å². The first-order valence-electron chi connectivity index (χ1n) is 11.0. The fraction of sp³-hybridized carbons (Fsp3) is 0.783. The number of rotatable bonds is 2. The minimum absolute atomic E-state index is 0.0930. The number of cyclic esters (lactones) is 1. The van der Waals surface area contributed by atoms with Crippen molar-refractivity contribution < 1.29 is 34.3 Å². The highest BCUT2D eigenvalue weighted by atomic mass is 16.6. The summed E-state index contributed by atoms with van der Waals surface area (Å²) in [5.74, 6) is -1.63. The number of hydrogen-bond acceptors (Lipinski definition) is 7. The molecule has 2 heterocycles. The van der Waals surface area contributed by atoms with Crippen LogP contribution in [-0.2, 0) is 19.0 Å². The highest BCUT2D eigenvalue weighted by molar-refractivity contribution is 5.75. The van der Waals surface area contributed by atoms with Crippen LogP contribution < -0.4 is 0 Å². The van der Waals surface area contributed by atoms with Crippen molar-refractivity contribution in [3.05, 3.63) is 23.8 Å². The minimum atomic E-state index is -0.853. The van der Waals surface area contributed by atoms with E-state index in [-0.39, 0.29) is 29.6 Å². The summed E-state index contributed by atoms with van der Waals surface area (Å²) in [5, 5.41) is 32.3. The van der Waals surface area contributed by atoms with Crippen LogP contribution in [0.1, 0.15) is 34.1 Å². The third kappa shape index (κ3) is 3.01. The topological polar surface area (TPSA) is 105 Å². The van der Waals surface area contributed by atoms with E-state index in [1.807, 2.05) is 39.0 Å². The van der Waals surface area contributed by atoms with Crippen molar-refractivity contribution in [3.8, 4) is 0 Å². The average Bonchev–Trinajstić information content (AvgIpc) is 2.91. The molecule has 30 heavy (non-hydrogen) atoms. The molecule has 2 aliphatic heterocycles. The zero-order valence-corrected chi connectivity index (χ0v) is 18.3. The largest absolute Gasteiger partial charge is 0.457 e. The number of methoxy groups -OCH3 is 1. The highest BCUT2D eigenvalue weighted by Crippen LogP contribution is 2.60. The molecular formula is C23H34O7. The maximum atomic E-state index is 12.8. The number of aliphatic hydroxyl groups excluding tert-OH is 3. The normalized spacial score (nSPS) is 53.3. The van der Waals surface area contributed by atoms with Crippen molar-refractivity contribution in [2.45, 2.75) is 76.3 Å². The van der Waals surface area contributed by atoms with Crippen LogP contribution in [0.25, 0.3) is 0 Å². The Hall–Kier alpha value is -1.25. The summed E-state index contributed by atoms with van der Waals surface area (Å²) in [6.45, 7) is 7.34. The third-order valence-corrected chi connectivity index (χ3v) is 7.91. The van der Waals surface area contributed by atoms with Crippen molar-refractivity contribution in [1.29, 1.82) is 0 Å². The number of carbonyl (C=O) groups excluding carboxylic acids is 1. The zero-order valence-electron chi connectivity index (χ0n) is 18.3. The average molecular weight is 423 g/mol. The van der Waals surface area contributed by atoms with Crippen LogP contribution in [0.15, 0.2) is 23.8 Å². The summed E-state index contributed by atoms with van der Waals surface area (Å²) in [4.78, 5) is 12.8. The second-order valence-electron chi connectivity index (χ2n) is 9.62. The van der Waals surface area contributed by atoms with E-state index in [1.165, 1.54) is 7.11 Å². The molecule has 1 saturated carbocycles. The van der Waals surface area contributed by atoms with Crippen LogP contribution in [0.5, 0.6) is 0 Å². The van der Waals surface area contributed by atoms with Gasteiger partial charge < -0.3 is 29.5 Å². The van der Waals surface area contributed by atoms with Gasteiger partial charge in [0, 0.05) is 36.7 Å². The van der Waals surface area contributed by atoms with Crippen LogP contribution in [0.3, 0.4) is 0 Å². The van der Waals surface area contributed by atoms with Gasteiger partial charge in [-0.1, -0.05) is 32.1 Å². The van der Waals surface area contributed by atoms with Crippen molar-refractivity contribution in [2.75, 3.05) is 7.11 Å². The van der Waals surface area contributed by atoms with Crippen LogP contribution >= 0.6 is 0 Å². The van der Waals surface area contributed by atoms with Gasteiger partial charge in [0.1, 0.15) is 11.7 Å². The summed E-state index contributed by atoms with van der Waals surface area (Å²) >= 11 is 0. The Labute approximate surface area is 177 Å². The third-order valence-electron chi connectivity index (χ3n) is 7.91.